The van der Waals surface area contributed by atoms with E-state index in [0.717, 1.165) is 36.8 Å². The summed E-state index contributed by atoms with van der Waals surface area (Å²) in [5.74, 6) is 2.73. The van der Waals surface area contributed by atoms with Crippen LogP contribution in [0.3, 0.4) is 0 Å². The molecule has 0 atom stereocenters. The van der Waals surface area contributed by atoms with Gasteiger partial charge in [0, 0.05) is 30.1 Å². The molecule has 0 bridgehead atoms. The van der Waals surface area contributed by atoms with Crippen molar-refractivity contribution in [3.05, 3.63) is 65.0 Å². The highest BCUT2D eigenvalue weighted by atomic mass is 35.5. The van der Waals surface area contributed by atoms with E-state index < -0.39 is 0 Å². The van der Waals surface area contributed by atoms with Crippen LogP contribution in [0.25, 0.3) is 11.4 Å². The highest BCUT2D eigenvalue weighted by Gasteiger charge is 2.08. The summed E-state index contributed by atoms with van der Waals surface area (Å²) < 4.78 is 10.5. The van der Waals surface area contributed by atoms with Crippen LogP contribution >= 0.6 is 11.6 Å². The predicted octanol–water partition coefficient (Wildman–Crippen LogP) is 3.74. The SMILES string of the molecule is CCNC(=NCCc1nc(-c2ccc(Cl)cc2)no1)NCCc1ccc(OC)cc1. The fourth-order valence-electron chi connectivity index (χ4n) is 2.80. The Balaban J connectivity index is 1.48. The number of hydrogen-bond donors (Lipinski definition) is 2. The molecule has 0 amide bonds. The van der Waals surface area contributed by atoms with Gasteiger partial charge < -0.3 is 19.9 Å². The second-order valence-electron chi connectivity index (χ2n) is 6.55. The molecule has 0 fully saturated rings. The Morgan fingerprint density at radius 2 is 1.83 bits per heavy atom. The van der Waals surface area contributed by atoms with Crippen molar-refractivity contribution in [2.24, 2.45) is 4.99 Å². The van der Waals surface area contributed by atoms with E-state index in [1.54, 1.807) is 19.2 Å². The van der Waals surface area contributed by atoms with Gasteiger partial charge >= 0.3 is 0 Å². The minimum Gasteiger partial charge on any atom is -0.497 e. The Hall–Kier alpha value is -3.06. The van der Waals surface area contributed by atoms with Crippen molar-refractivity contribution in [3.63, 3.8) is 0 Å². The zero-order chi connectivity index (χ0) is 21.2. The van der Waals surface area contributed by atoms with Crippen LogP contribution in [0.1, 0.15) is 18.4 Å². The maximum atomic E-state index is 5.92. The van der Waals surface area contributed by atoms with Crippen LogP contribution in [-0.4, -0.2) is 42.8 Å². The molecule has 0 saturated carbocycles. The van der Waals surface area contributed by atoms with Gasteiger partial charge in [-0.15, -0.1) is 0 Å². The van der Waals surface area contributed by atoms with Gasteiger partial charge in [0.1, 0.15) is 5.75 Å². The first-order valence-corrected chi connectivity index (χ1v) is 10.3. The summed E-state index contributed by atoms with van der Waals surface area (Å²) in [5.41, 5.74) is 2.10. The van der Waals surface area contributed by atoms with Crippen LogP contribution in [0.15, 0.2) is 58.0 Å². The molecule has 0 aliphatic carbocycles. The standard InChI is InChI=1S/C22H26ClN5O2/c1-3-24-22(25-14-12-16-4-10-19(29-2)11-5-16)26-15-13-20-27-21(28-30-20)17-6-8-18(23)9-7-17/h4-11H,3,12-15H2,1-2H3,(H2,24,25,26). The molecule has 3 aromatic rings. The third-order valence-corrected chi connectivity index (χ3v) is 4.63. The van der Waals surface area contributed by atoms with Crippen LogP contribution in [0.2, 0.25) is 5.02 Å². The van der Waals surface area contributed by atoms with Crippen molar-refractivity contribution in [3.8, 4) is 17.1 Å². The lowest BCUT2D eigenvalue weighted by Crippen LogP contribution is -2.38. The molecule has 30 heavy (non-hydrogen) atoms. The van der Waals surface area contributed by atoms with Gasteiger partial charge in [-0.3, -0.25) is 4.99 Å². The summed E-state index contributed by atoms with van der Waals surface area (Å²) in [7, 11) is 1.67. The predicted molar refractivity (Wildman–Crippen MR) is 119 cm³/mol. The summed E-state index contributed by atoms with van der Waals surface area (Å²) in [4.78, 5) is 9.02. The third-order valence-electron chi connectivity index (χ3n) is 4.38. The lowest BCUT2D eigenvalue weighted by molar-refractivity contribution is 0.380. The molecule has 3 rings (SSSR count). The molecule has 0 spiro atoms. The molecule has 1 aromatic heterocycles. The summed E-state index contributed by atoms with van der Waals surface area (Å²) in [6, 6.07) is 15.4. The van der Waals surface area contributed by atoms with Gasteiger partial charge in [0.05, 0.1) is 13.7 Å². The highest BCUT2D eigenvalue weighted by Crippen LogP contribution is 2.18. The average molecular weight is 428 g/mol. The first kappa shape index (κ1) is 21.6. The van der Waals surface area contributed by atoms with Gasteiger partial charge in [0.25, 0.3) is 0 Å². The fraction of sp³-hybridized carbons (Fsp3) is 0.318. The number of nitrogens with zero attached hydrogens (tertiary/aromatic N) is 3. The molecular formula is C22H26ClN5O2. The first-order valence-electron chi connectivity index (χ1n) is 9.91. The van der Waals surface area contributed by atoms with E-state index in [4.69, 9.17) is 20.9 Å². The quantitative estimate of drug-likeness (QED) is 0.399. The third kappa shape index (κ3) is 6.49. The summed E-state index contributed by atoms with van der Waals surface area (Å²) >= 11 is 5.92. The average Bonchev–Trinajstić information content (AvgIpc) is 3.23. The van der Waals surface area contributed by atoms with Gasteiger partial charge in [0.15, 0.2) is 5.96 Å². The number of benzene rings is 2. The number of methoxy groups -OCH3 is 1. The Morgan fingerprint density at radius 1 is 1.07 bits per heavy atom. The number of ether oxygens (including phenoxy) is 1. The number of halogens is 1. The second kappa shape index (κ2) is 11.2. The Bertz CT molecular complexity index is 939. The van der Waals surface area contributed by atoms with Crippen molar-refractivity contribution in [1.82, 2.24) is 20.8 Å². The van der Waals surface area contributed by atoms with Crippen LogP contribution < -0.4 is 15.4 Å². The molecule has 8 heteroatoms. The lowest BCUT2D eigenvalue weighted by atomic mass is 10.1. The number of aliphatic imine (C=N–C) groups is 1. The zero-order valence-electron chi connectivity index (χ0n) is 17.2. The molecule has 2 N–H and O–H groups in total. The van der Waals surface area contributed by atoms with Crippen LogP contribution in [0.4, 0.5) is 0 Å². The van der Waals surface area contributed by atoms with Crippen LogP contribution in [0, 0.1) is 0 Å². The second-order valence-corrected chi connectivity index (χ2v) is 6.99. The first-order chi connectivity index (χ1) is 14.7. The molecule has 0 saturated heterocycles. The van der Waals surface area contributed by atoms with E-state index in [1.807, 2.05) is 31.2 Å². The van der Waals surface area contributed by atoms with Crippen molar-refractivity contribution in [1.29, 1.82) is 0 Å². The molecule has 158 valence electrons. The van der Waals surface area contributed by atoms with Crippen molar-refractivity contribution in [2.45, 2.75) is 19.8 Å². The van der Waals surface area contributed by atoms with E-state index in [1.165, 1.54) is 5.56 Å². The maximum absolute atomic E-state index is 5.92. The molecule has 7 nitrogen and oxygen atoms in total. The minimum absolute atomic E-state index is 0.542. The Labute approximate surface area is 181 Å². The number of rotatable bonds is 9. The molecule has 0 radical (unpaired) electrons. The molecule has 2 aromatic carbocycles. The lowest BCUT2D eigenvalue weighted by Gasteiger charge is -2.11. The van der Waals surface area contributed by atoms with E-state index in [9.17, 15) is 0 Å². The van der Waals surface area contributed by atoms with E-state index in [-0.39, 0.29) is 0 Å². The number of guanidine groups is 1. The van der Waals surface area contributed by atoms with Gasteiger partial charge in [-0.2, -0.15) is 4.98 Å². The summed E-state index contributed by atoms with van der Waals surface area (Å²) in [5, 5.41) is 11.3. The highest BCUT2D eigenvalue weighted by molar-refractivity contribution is 6.30. The van der Waals surface area contributed by atoms with Crippen LogP contribution in [-0.2, 0) is 12.8 Å². The molecule has 0 aliphatic heterocycles. The molecule has 0 aliphatic rings. The smallest absolute Gasteiger partial charge is 0.228 e. The van der Waals surface area contributed by atoms with E-state index in [2.05, 4.69) is 37.9 Å². The fourth-order valence-corrected chi connectivity index (χ4v) is 2.92. The Morgan fingerprint density at radius 3 is 2.53 bits per heavy atom. The topological polar surface area (TPSA) is 84.6 Å². The summed E-state index contributed by atoms with van der Waals surface area (Å²) in [6.07, 6.45) is 1.46. The van der Waals surface area contributed by atoms with Crippen molar-refractivity contribution < 1.29 is 9.26 Å². The normalized spacial score (nSPS) is 11.4. The molecular weight excluding hydrogens is 402 g/mol. The number of aromatic nitrogens is 2. The molecule has 0 unspecified atom stereocenters. The molecule has 1 heterocycles. The maximum Gasteiger partial charge on any atom is 0.228 e. The van der Waals surface area contributed by atoms with Gasteiger partial charge in [-0.25, -0.2) is 0 Å². The minimum atomic E-state index is 0.542. The van der Waals surface area contributed by atoms with Crippen LogP contribution in [0.5, 0.6) is 5.75 Å². The summed E-state index contributed by atoms with van der Waals surface area (Å²) in [6.45, 7) is 4.15. The zero-order valence-corrected chi connectivity index (χ0v) is 17.9. The van der Waals surface area contributed by atoms with Gasteiger partial charge in [-0.1, -0.05) is 28.9 Å². The largest absolute Gasteiger partial charge is 0.497 e. The van der Waals surface area contributed by atoms with E-state index in [0.29, 0.717) is 29.7 Å². The number of nitrogens with one attached hydrogen (secondary N) is 2. The van der Waals surface area contributed by atoms with E-state index >= 15 is 0 Å². The Kier molecular flexibility index (Phi) is 8.09. The van der Waals surface area contributed by atoms with Gasteiger partial charge in [0.2, 0.25) is 11.7 Å². The van der Waals surface area contributed by atoms with Crippen molar-refractivity contribution >= 4 is 17.6 Å². The van der Waals surface area contributed by atoms with Gasteiger partial charge in [-0.05, 0) is 55.3 Å². The monoisotopic (exact) mass is 427 g/mol. The number of hydrogen-bond acceptors (Lipinski definition) is 5. The van der Waals surface area contributed by atoms with Crippen molar-refractivity contribution in [2.75, 3.05) is 26.7 Å².